The zero-order valence-corrected chi connectivity index (χ0v) is 10.4. The third-order valence-electron chi connectivity index (χ3n) is 2.41. The predicted molar refractivity (Wildman–Crippen MR) is 67.3 cm³/mol. The number of carbonyl (C=O) groups excluding carboxylic acids is 1. The van der Waals surface area contributed by atoms with Crippen LogP contribution in [0.1, 0.15) is 15.2 Å². The van der Waals surface area contributed by atoms with Crippen LogP contribution in [0.3, 0.4) is 0 Å². The van der Waals surface area contributed by atoms with Gasteiger partial charge in [0.2, 0.25) is 5.78 Å². The van der Waals surface area contributed by atoms with Crippen LogP contribution in [-0.4, -0.2) is 20.0 Å². The molecule has 0 bridgehead atoms. The van der Waals surface area contributed by atoms with E-state index in [1.807, 2.05) is 17.5 Å². The maximum atomic E-state index is 12.3. The van der Waals surface area contributed by atoms with Crippen molar-refractivity contribution in [2.24, 2.45) is 0 Å². The molecule has 1 aromatic heterocycles. The first kappa shape index (κ1) is 11.7. The van der Waals surface area contributed by atoms with Crippen molar-refractivity contribution in [3.8, 4) is 11.5 Å². The van der Waals surface area contributed by atoms with Crippen molar-refractivity contribution in [1.82, 2.24) is 0 Å². The normalized spacial score (nSPS) is 10.0. The first-order valence-corrected chi connectivity index (χ1v) is 5.95. The lowest BCUT2D eigenvalue weighted by molar-refractivity contribution is 0.103. The third-order valence-corrected chi connectivity index (χ3v) is 3.30. The summed E-state index contributed by atoms with van der Waals surface area (Å²) in [7, 11) is 3.11. The first-order valence-electron chi connectivity index (χ1n) is 5.07. The Morgan fingerprint density at radius 1 is 1.06 bits per heavy atom. The van der Waals surface area contributed by atoms with Gasteiger partial charge in [-0.05, 0) is 23.6 Å². The third kappa shape index (κ3) is 2.17. The minimum atomic E-state index is -0.0747. The van der Waals surface area contributed by atoms with E-state index in [2.05, 4.69) is 0 Å². The second-order valence-corrected chi connectivity index (χ2v) is 4.26. The van der Waals surface area contributed by atoms with Gasteiger partial charge in [0.05, 0.1) is 19.8 Å². The maximum Gasteiger partial charge on any atom is 0.210 e. The molecule has 1 heterocycles. The summed E-state index contributed by atoms with van der Waals surface area (Å²) < 4.78 is 10.3. The average Bonchev–Trinajstić information content (AvgIpc) is 2.86. The largest absolute Gasteiger partial charge is 0.496 e. The summed E-state index contributed by atoms with van der Waals surface area (Å²) in [6, 6.07) is 8.96. The maximum absolute atomic E-state index is 12.3. The van der Waals surface area contributed by atoms with Crippen molar-refractivity contribution in [1.29, 1.82) is 0 Å². The van der Waals surface area contributed by atoms with Crippen LogP contribution in [0.5, 0.6) is 11.5 Å². The van der Waals surface area contributed by atoms with Crippen LogP contribution < -0.4 is 9.47 Å². The molecule has 17 heavy (non-hydrogen) atoms. The minimum absolute atomic E-state index is 0.0747. The molecule has 0 aliphatic carbocycles. The Labute approximate surface area is 104 Å². The molecule has 0 fully saturated rings. The monoisotopic (exact) mass is 248 g/mol. The fourth-order valence-electron chi connectivity index (χ4n) is 1.58. The Morgan fingerprint density at radius 3 is 2.47 bits per heavy atom. The van der Waals surface area contributed by atoms with Crippen LogP contribution in [0.4, 0.5) is 0 Å². The van der Waals surface area contributed by atoms with Gasteiger partial charge >= 0.3 is 0 Å². The van der Waals surface area contributed by atoms with Crippen LogP contribution in [-0.2, 0) is 0 Å². The smallest absolute Gasteiger partial charge is 0.210 e. The van der Waals surface area contributed by atoms with Gasteiger partial charge in [0, 0.05) is 0 Å². The molecular formula is C13H12O3S. The van der Waals surface area contributed by atoms with Gasteiger partial charge in [-0.2, -0.15) is 0 Å². The number of thiophene rings is 1. The van der Waals surface area contributed by atoms with Gasteiger partial charge in [0.1, 0.15) is 16.4 Å². The fraction of sp³-hybridized carbons (Fsp3) is 0.154. The average molecular weight is 248 g/mol. The Kier molecular flexibility index (Phi) is 3.44. The molecule has 0 unspecified atom stereocenters. The highest BCUT2D eigenvalue weighted by Crippen LogP contribution is 2.30. The van der Waals surface area contributed by atoms with Gasteiger partial charge < -0.3 is 9.47 Å². The van der Waals surface area contributed by atoms with Gasteiger partial charge in [0.25, 0.3) is 0 Å². The quantitative estimate of drug-likeness (QED) is 0.780. The fourth-order valence-corrected chi connectivity index (χ4v) is 2.39. The number of carbonyl (C=O) groups is 1. The first-order chi connectivity index (χ1) is 8.27. The SMILES string of the molecule is COc1ccccc1C(=O)c1sccc1OC. The van der Waals surface area contributed by atoms with Crippen molar-refractivity contribution in [2.45, 2.75) is 0 Å². The molecule has 88 valence electrons. The van der Waals surface area contributed by atoms with Crippen LogP contribution in [0.15, 0.2) is 35.7 Å². The highest BCUT2D eigenvalue weighted by Gasteiger charge is 2.18. The molecule has 0 saturated carbocycles. The number of hydrogen-bond donors (Lipinski definition) is 0. The number of ketones is 1. The topological polar surface area (TPSA) is 35.5 Å². The van der Waals surface area contributed by atoms with E-state index in [1.165, 1.54) is 11.3 Å². The number of ether oxygens (including phenoxy) is 2. The predicted octanol–water partition coefficient (Wildman–Crippen LogP) is 3.00. The van der Waals surface area contributed by atoms with E-state index in [-0.39, 0.29) is 5.78 Å². The van der Waals surface area contributed by atoms with Gasteiger partial charge in [-0.1, -0.05) is 12.1 Å². The zero-order valence-electron chi connectivity index (χ0n) is 9.60. The van der Waals surface area contributed by atoms with Gasteiger partial charge in [-0.15, -0.1) is 11.3 Å². The number of rotatable bonds is 4. The molecule has 0 atom stereocenters. The number of hydrogen-bond acceptors (Lipinski definition) is 4. The molecule has 1 aromatic carbocycles. The van der Waals surface area contributed by atoms with Crippen molar-refractivity contribution in [3.63, 3.8) is 0 Å². The molecule has 0 amide bonds. The zero-order chi connectivity index (χ0) is 12.3. The molecule has 0 aliphatic heterocycles. The van der Waals surface area contributed by atoms with Crippen LogP contribution in [0, 0.1) is 0 Å². The molecule has 0 aliphatic rings. The highest BCUT2D eigenvalue weighted by atomic mass is 32.1. The second kappa shape index (κ2) is 5.01. The molecular weight excluding hydrogens is 236 g/mol. The van der Waals surface area contributed by atoms with Crippen molar-refractivity contribution >= 4 is 17.1 Å². The Hall–Kier alpha value is -1.81. The van der Waals surface area contributed by atoms with E-state index in [4.69, 9.17) is 9.47 Å². The summed E-state index contributed by atoms with van der Waals surface area (Å²) in [5.41, 5.74) is 0.552. The summed E-state index contributed by atoms with van der Waals surface area (Å²) in [6.45, 7) is 0. The Balaban J connectivity index is 2.44. The summed E-state index contributed by atoms with van der Waals surface area (Å²) >= 11 is 1.37. The lowest BCUT2D eigenvalue weighted by Gasteiger charge is -2.07. The van der Waals surface area contributed by atoms with E-state index < -0.39 is 0 Å². The number of methoxy groups -OCH3 is 2. The Bertz CT molecular complexity index is 531. The van der Waals surface area contributed by atoms with Crippen LogP contribution >= 0.6 is 11.3 Å². The lowest BCUT2D eigenvalue weighted by atomic mass is 10.1. The number of benzene rings is 1. The number of para-hydroxylation sites is 1. The van der Waals surface area contributed by atoms with E-state index in [0.29, 0.717) is 21.9 Å². The van der Waals surface area contributed by atoms with E-state index >= 15 is 0 Å². The van der Waals surface area contributed by atoms with Crippen molar-refractivity contribution < 1.29 is 14.3 Å². The summed E-state index contributed by atoms with van der Waals surface area (Å²) in [4.78, 5) is 12.9. The molecule has 0 saturated heterocycles. The van der Waals surface area contributed by atoms with Gasteiger partial charge in [-0.25, -0.2) is 0 Å². The highest BCUT2D eigenvalue weighted by molar-refractivity contribution is 7.12. The second-order valence-electron chi connectivity index (χ2n) is 3.35. The molecule has 3 nitrogen and oxygen atoms in total. The van der Waals surface area contributed by atoms with Crippen molar-refractivity contribution in [3.05, 3.63) is 46.2 Å². The van der Waals surface area contributed by atoms with E-state index in [9.17, 15) is 4.79 Å². The van der Waals surface area contributed by atoms with Crippen LogP contribution in [0.2, 0.25) is 0 Å². The van der Waals surface area contributed by atoms with Gasteiger partial charge in [0.15, 0.2) is 0 Å². The molecule has 2 rings (SSSR count). The molecule has 0 N–H and O–H groups in total. The summed E-state index contributed by atoms with van der Waals surface area (Å²) in [6.07, 6.45) is 0. The standard InChI is InChI=1S/C13H12O3S/c1-15-10-6-4-3-5-9(10)12(14)13-11(16-2)7-8-17-13/h3-8H,1-2H3. The van der Waals surface area contributed by atoms with Gasteiger partial charge in [-0.3, -0.25) is 4.79 Å². The van der Waals surface area contributed by atoms with E-state index in [0.717, 1.165) is 0 Å². The molecule has 2 aromatic rings. The molecule has 0 radical (unpaired) electrons. The minimum Gasteiger partial charge on any atom is -0.496 e. The molecule has 4 heteroatoms. The lowest BCUT2D eigenvalue weighted by Crippen LogP contribution is -2.03. The van der Waals surface area contributed by atoms with E-state index in [1.54, 1.807) is 32.4 Å². The van der Waals surface area contributed by atoms with Crippen molar-refractivity contribution in [2.75, 3.05) is 14.2 Å². The van der Waals surface area contributed by atoms with Crippen LogP contribution in [0.25, 0.3) is 0 Å². The summed E-state index contributed by atoms with van der Waals surface area (Å²) in [5.74, 6) is 1.10. The Morgan fingerprint density at radius 2 is 1.76 bits per heavy atom. The molecule has 0 spiro atoms. The summed E-state index contributed by atoms with van der Waals surface area (Å²) in [5, 5.41) is 1.83.